The Morgan fingerprint density at radius 1 is 0.564 bits per heavy atom. The van der Waals surface area contributed by atoms with E-state index in [0.717, 1.165) is 30.1 Å². The largest absolute Gasteiger partial charge is 0.530 e. The molecule has 3 rings (SSSR count). The average molecular weight is 553 g/mol. The highest BCUT2D eigenvalue weighted by molar-refractivity contribution is 7.43. The number of hydrogen-bond donors (Lipinski definition) is 1. The number of benzene rings is 3. The first kappa shape index (κ1) is 32.2. The summed E-state index contributed by atoms with van der Waals surface area (Å²) in [5.41, 5.74) is 3.53. The highest BCUT2D eigenvalue weighted by Crippen LogP contribution is 2.42. The number of aryl methyl sites for hydroxylation is 3. The van der Waals surface area contributed by atoms with Crippen molar-refractivity contribution in [3.63, 3.8) is 0 Å². The first-order valence-corrected chi connectivity index (χ1v) is 15.2. The third-order valence-electron chi connectivity index (χ3n) is 6.10. The Balaban J connectivity index is 0.000000326. The van der Waals surface area contributed by atoms with Crippen molar-refractivity contribution in [2.75, 3.05) is 0 Å². The van der Waals surface area contributed by atoms with Gasteiger partial charge in [0.1, 0.15) is 17.2 Å². The summed E-state index contributed by atoms with van der Waals surface area (Å²) in [6.45, 7) is 8.35. The van der Waals surface area contributed by atoms with E-state index in [1.54, 1.807) is 0 Å². The summed E-state index contributed by atoms with van der Waals surface area (Å²) in [4.78, 5) is 10.2. The summed E-state index contributed by atoms with van der Waals surface area (Å²) in [7, 11) is -1.62. The normalized spacial score (nSPS) is 10.5. The van der Waals surface area contributed by atoms with E-state index in [-0.39, 0.29) is 0 Å². The van der Waals surface area contributed by atoms with Crippen molar-refractivity contribution in [2.24, 2.45) is 0 Å². The van der Waals surface area contributed by atoms with E-state index in [0.29, 0.717) is 6.42 Å². The maximum absolute atomic E-state index is 10.2. The molecule has 0 aliphatic carbocycles. The number of carboxylic acids is 1. The van der Waals surface area contributed by atoms with Gasteiger partial charge in [0.05, 0.1) is 0 Å². The Morgan fingerprint density at radius 3 is 1.18 bits per heavy atom. The monoisotopic (exact) mass is 552 g/mol. The van der Waals surface area contributed by atoms with E-state index in [1.807, 2.05) is 93.6 Å². The highest BCUT2D eigenvalue weighted by atomic mass is 31.2. The van der Waals surface area contributed by atoms with Crippen LogP contribution in [0, 0.1) is 20.8 Å². The summed E-state index contributed by atoms with van der Waals surface area (Å²) >= 11 is 0. The molecule has 0 atom stereocenters. The van der Waals surface area contributed by atoms with Crippen molar-refractivity contribution in [1.29, 1.82) is 0 Å². The van der Waals surface area contributed by atoms with Crippen molar-refractivity contribution in [2.45, 2.75) is 91.9 Å². The lowest BCUT2D eigenvalue weighted by Crippen LogP contribution is -2.02. The zero-order valence-electron chi connectivity index (χ0n) is 24.0. The summed E-state index contributed by atoms with van der Waals surface area (Å²) in [5, 5.41) is 8.41. The van der Waals surface area contributed by atoms with Crippen LogP contribution >= 0.6 is 8.60 Å². The topological polar surface area (TPSA) is 65.0 Å². The lowest BCUT2D eigenvalue weighted by atomic mass is 10.1. The average Bonchev–Trinajstić information content (AvgIpc) is 2.92. The summed E-state index contributed by atoms with van der Waals surface area (Å²) in [5.74, 6) is 1.50. The van der Waals surface area contributed by atoms with Gasteiger partial charge in [0, 0.05) is 6.42 Å². The van der Waals surface area contributed by atoms with E-state index < -0.39 is 14.6 Å². The van der Waals surface area contributed by atoms with Crippen LogP contribution in [0.3, 0.4) is 0 Å². The van der Waals surface area contributed by atoms with Crippen LogP contribution in [0.2, 0.25) is 0 Å². The Kier molecular flexibility index (Phi) is 15.7. The van der Waals surface area contributed by atoms with E-state index >= 15 is 0 Å². The molecule has 0 fully saturated rings. The SMILES string of the molecule is CCCCCCCCCCCC(=O)O.Cc1ccc(OP(Oc2ccc(C)cc2)Oc2ccc(C)cc2)cc1. The van der Waals surface area contributed by atoms with Gasteiger partial charge in [-0.25, -0.2) is 0 Å². The Labute approximate surface area is 236 Å². The molecule has 5 nitrogen and oxygen atoms in total. The number of rotatable bonds is 16. The second-order valence-electron chi connectivity index (χ2n) is 9.91. The van der Waals surface area contributed by atoms with Crippen LogP contribution in [0.1, 0.15) is 87.8 Å². The quantitative estimate of drug-likeness (QED) is 0.141. The molecule has 0 radical (unpaired) electrons. The molecule has 0 heterocycles. The molecule has 3 aromatic carbocycles. The molecule has 0 aliphatic heterocycles. The molecular formula is C33H45O5P. The Bertz CT molecular complexity index is 936. The predicted octanol–water partition coefficient (Wildman–Crippen LogP) is 10.4. The minimum absolute atomic E-state index is 0.343. The molecule has 212 valence electrons. The molecule has 0 unspecified atom stereocenters. The van der Waals surface area contributed by atoms with Gasteiger partial charge in [-0.3, -0.25) is 4.79 Å². The van der Waals surface area contributed by atoms with Gasteiger partial charge in [0.25, 0.3) is 0 Å². The molecular weight excluding hydrogens is 507 g/mol. The van der Waals surface area contributed by atoms with Gasteiger partial charge in [-0.05, 0) is 63.6 Å². The number of aliphatic carboxylic acids is 1. The second-order valence-corrected chi connectivity index (χ2v) is 10.9. The van der Waals surface area contributed by atoms with Crippen LogP contribution in [-0.2, 0) is 4.79 Å². The van der Waals surface area contributed by atoms with Gasteiger partial charge in [0.2, 0.25) is 0 Å². The van der Waals surface area contributed by atoms with Crippen LogP contribution in [0.5, 0.6) is 17.2 Å². The minimum Gasteiger partial charge on any atom is -0.481 e. The van der Waals surface area contributed by atoms with Crippen molar-refractivity contribution in [1.82, 2.24) is 0 Å². The molecule has 0 aromatic heterocycles. The molecule has 39 heavy (non-hydrogen) atoms. The van der Waals surface area contributed by atoms with Crippen LogP contribution in [0.4, 0.5) is 0 Å². The summed E-state index contributed by atoms with van der Waals surface area (Å²) < 4.78 is 17.9. The molecule has 0 bridgehead atoms. The fourth-order valence-corrected chi connectivity index (χ4v) is 4.69. The zero-order valence-corrected chi connectivity index (χ0v) is 24.9. The number of carbonyl (C=O) groups is 1. The van der Waals surface area contributed by atoms with Crippen molar-refractivity contribution in [3.8, 4) is 17.2 Å². The highest BCUT2D eigenvalue weighted by Gasteiger charge is 2.19. The minimum atomic E-state index is -1.62. The van der Waals surface area contributed by atoms with Crippen LogP contribution in [-0.4, -0.2) is 11.1 Å². The number of hydrogen-bond acceptors (Lipinski definition) is 4. The van der Waals surface area contributed by atoms with Crippen molar-refractivity contribution < 1.29 is 23.5 Å². The lowest BCUT2D eigenvalue weighted by Gasteiger charge is -2.18. The predicted molar refractivity (Wildman–Crippen MR) is 162 cm³/mol. The van der Waals surface area contributed by atoms with Gasteiger partial charge in [-0.2, -0.15) is 0 Å². The van der Waals surface area contributed by atoms with Gasteiger partial charge in [-0.15, -0.1) is 0 Å². The maximum Gasteiger partial charge on any atom is 0.530 e. The molecule has 0 aliphatic rings. The first-order chi connectivity index (χ1) is 18.9. The first-order valence-electron chi connectivity index (χ1n) is 14.1. The molecule has 1 N–H and O–H groups in total. The van der Waals surface area contributed by atoms with Crippen molar-refractivity contribution in [3.05, 3.63) is 89.5 Å². The summed E-state index contributed by atoms with van der Waals surface area (Å²) in [6, 6.07) is 23.5. The maximum atomic E-state index is 10.2. The van der Waals surface area contributed by atoms with Crippen LogP contribution in [0.15, 0.2) is 72.8 Å². The van der Waals surface area contributed by atoms with E-state index in [2.05, 4.69) is 6.92 Å². The van der Waals surface area contributed by atoms with Gasteiger partial charge in [0.15, 0.2) is 0 Å². The van der Waals surface area contributed by atoms with Gasteiger partial charge in [-0.1, -0.05) is 111 Å². The van der Waals surface area contributed by atoms with Gasteiger partial charge < -0.3 is 18.7 Å². The van der Waals surface area contributed by atoms with Crippen LogP contribution in [0.25, 0.3) is 0 Å². The standard InChI is InChI=1S/C21H21O3P.C12H24O2/c1-16-4-10-19(11-5-16)22-25(23-20-12-6-17(2)7-13-20)24-21-14-8-18(3)9-15-21;1-2-3-4-5-6-7-8-9-10-11-12(13)14/h4-15H,1-3H3;2-11H2,1H3,(H,13,14). The molecule has 0 spiro atoms. The smallest absolute Gasteiger partial charge is 0.481 e. The van der Waals surface area contributed by atoms with E-state index in [9.17, 15) is 4.79 Å². The van der Waals surface area contributed by atoms with E-state index in [1.165, 1.54) is 61.6 Å². The lowest BCUT2D eigenvalue weighted by molar-refractivity contribution is -0.137. The fourth-order valence-electron chi connectivity index (χ4n) is 3.70. The number of unbranched alkanes of at least 4 members (excludes halogenated alkanes) is 8. The number of carboxylic acid groups (broad SMARTS) is 1. The summed E-state index contributed by atoms with van der Waals surface area (Å²) in [6.07, 6.45) is 11.5. The molecule has 0 saturated carbocycles. The third kappa shape index (κ3) is 15.2. The molecule has 6 heteroatoms. The Hall–Kier alpha value is -3.04. The van der Waals surface area contributed by atoms with E-state index in [4.69, 9.17) is 18.7 Å². The van der Waals surface area contributed by atoms with Crippen LogP contribution < -0.4 is 13.6 Å². The fraction of sp³-hybridized carbons (Fsp3) is 0.424. The molecule has 0 saturated heterocycles. The van der Waals surface area contributed by atoms with Gasteiger partial charge >= 0.3 is 14.6 Å². The third-order valence-corrected chi connectivity index (χ3v) is 7.18. The zero-order chi connectivity index (χ0) is 28.3. The van der Waals surface area contributed by atoms with Crippen molar-refractivity contribution >= 4 is 14.6 Å². The Morgan fingerprint density at radius 2 is 0.872 bits per heavy atom. The molecule has 0 amide bonds. The second kappa shape index (κ2) is 19.1. The molecule has 3 aromatic rings.